The quantitative estimate of drug-likeness (QED) is 0.892. The molecule has 0 aliphatic heterocycles. The van der Waals surface area contributed by atoms with E-state index in [9.17, 15) is 13.6 Å². The highest BCUT2D eigenvalue weighted by molar-refractivity contribution is 9.10. The highest BCUT2D eigenvalue weighted by Gasteiger charge is 2.45. The standard InChI is InChI=1S/C12H12BrF2NO/c1-7-2-3-8(13)4-10(7)11(17)16-9-5-12(14,15)6-9/h2-4,9H,5-6H2,1H3,(H,16,17). The summed E-state index contributed by atoms with van der Waals surface area (Å²) in [5, 5.41) is 2.62. The Morgan fingerprint density at radius 2 is 2.12 bits per heavy atom. The number of hydrogen-bond donors (Lipinski definition) is 1. The van der Waals surface area contributed by atoms with Crippen molar-refractivity contribution in [2.24, 2.45) is 0 Å². The smallest absolute Gasteiger partial charge is 0.252 e. The number of carbonyl (C=O) groups excluding carboxylic acids is 1. The van der Waals surface area contributed by atoms with E-state index in [1.54, 1.807) is 6.07 Å². The van der Waals surface area contributed by atoms with E-state index < -0.39 is 12.0 Å². The molecule has 1 saturated carbocycles. The Labute approximate surface area is 107 Å². The molecule has 5 heteroatoms. The first-order valence-corrected chi connectivity index (χ1v) is 6.11. The first-order chi connectivity index (χ1) is 7.87. The van der Waals surface area contributed by atoms with Gasteiger partial charge in [0.05, 0.1) is 0 Å². The van der Waals surface area contributed by atoms with Crippen molar-refractivity contribution in [2.75, 3.05) is 0 Å². The van der Waals surface area contributed by atoms with E-state index in [4.69, 9.17) is 0 Å². The topological polar surface area (TPSA) is 29.1 Å². The molecule has 0 saturated heterocycles. The van der Waals surface area contributed by atoms with Crippen molar-refractivity contribution in [3.63, 3.8) is 0 Å². The molecule has 0 bridgehead atoms. The maximum atomic E-state index is 12.6. The Morgan fingerprint density at radius 1 is 1.47 bits per heavy atom. The van der Waals surface area contributed by atoms with E-state index >= 15 is 0 Å². The van der Waals surface area contributed by atoms with Crippen molar-refractivity contribution in [3.8, 4) is 0 Å². The molecule has 2 rings (SSSR count). The van der Waals surface area contributed by atoms with Crippen LogP contribution >= 0.6 is 15.9 Å². The van der Waals surface area contributed by atoms with Gasteiger partial charge in [-0.15, -0.1) is 0 Å². The molecule has 0 aromatic heterocycles. The lowest BCUT2D eigenvalue weighted by Gasteiger charge is -2.35. The highest BCUT2D eigenvalue weighted by Crippen LogP contribution is 2.37. The van der Waals surface area contributed by atoms with Crippen LogP contribution in [-0.2, 0) is 0 Å². The number of benzene rings is 1. The molecule has 92 valence electrons. The predicted molar refractivity (Wildman–Crippen MR) is 64.3 cm³/mol. The van der Waals surface area contributed by atoms with Crippen molar-refractivity contribution in [1.82, 2.24) is 5.32 Å². The summed E-state index contributed by atoms with van der Waals surface area (Å²) in [6.07, 6.45) is -0.516. The van der Waals surface area contributed by atoms with E-state index in [2.05, 4.69) is 21.2 Å². The molecule has 17 heavy (non-hydrogen) atoms. The van der Waals surface area contributed by atoms with Crippen LogP contribution in [0.15, 0.2) is 22.7 Å². The molecule has 1 N–H and O–H groups in total. The van der Waals surface area contributed by atoms with E-state index in [1.165, 1.54) is 0 Å². The number of aryl methyl sites for hydroxylation is 1. The van der Waals surface area contributed by atoms with Gasteiger partial charge in [-0.3, -0.25) is 4.79 Å². The average Bonchev–Trinajstić information content (AvgIpc) is 2.19. The van der Waals surface area contributed by atoms with Crippen LogP contribution in [0.2, 0.25) is 0 Å². The van der Waals surface area contributed by atoms with Gasteiger partial charge in [-0.1, -0.05) is 22.0 Å². The number of rotatable bonds is 2. The zero-order valence-electron chi connectivity index (χ0n) is 9.27. The van der Waals surface area contributed by atoms with Gasteiger partial charge >= 0.3 is 0 Å². The number of amides is 1. The molecule has 1 aromatic rings. The highest BCUT2D eigenvalue weighted by atomic mass is 79.9. The van der Waals surface area contributed by atoms with Crippen LogP contribution in [0.25, 0.3) is 0 Å². The molecule has 0 atom stereocenters. The number of carbonyl (C=O) groups is 1. The SMILES string of the molecule is Cc1ccc(Br)cc1C(=O)NC1CC(F)(F)C1. The van der Waals surface area contributed by atoms with Gasteiger partial charge in [0.2, 0.25) is 0 Å². The molecule has 1 aromatic carbocycles. The van der Waals surface area contributed by atoms with Crippen molar-refractivity contribution in [3.05, 3.63) is 33.8 Å². The molecule has 1 aliphatic carbocycles. The molecular formula is C12H12BrF2NO. The molecule has 1 aliphatic rings. The third-order valence-electron chi connectivity index (χ3n) is 2.87. The first kappa shape index (κ1) is 12.5. The summed E-state index contributed by atoms with van der Waals surface area (Å²) in [5.74, 6) is -2.89. The van der Waals surface area contributed by atoms with Gasteiger partial charge in [0.15, 0.2) is 0 Å². The van der Waals surface area contributed by atoms with Crippen molar-refractivity contribution in [1.29, 1.82) is 0 Å². The first-order valence-electron chi connectivity index (χ1n) is 5.32. The second kappa shape index (κ2) is 4.37. The molecule has 0 unspecified atom stereocenters. The molecular weight excluding hydrogens is 292 g/mol. The summed E-state index contributed by atoms with van der Waals surface area (Å²) in [6, 6.07) is 4.94. The lowest BCUT2D eigenvalue weighted by molar-refractivity contribution is -0.0901. The number of alkyl halides is 2. The zero-order chi connectivity index (χ0) is 12.6. The Bertz CT molecular complexity index is 454. The third-order valence-corrected chi connectivity index (χ3v) is 3.36. The van der Waals surface area contributed by atoms with Crippen molar-refractivity contribution in [2.45, 2.75) is 31.7 Å². The fourth-order valence-corrected chi connectivity index (χ4v) is 2.23. The maximum absolute atomic E-state index is 12.6. The van der Waals surface area contributed by atoms with Crippen LogP contribution in [0.3, 0.4) is 0 Å². The van der Waals surface area contributed by atoms with Gasteiger partial charge in [0, 0.05) is 28.9 Å². The van der Waals surface area contributed by atoms with Gasteiger partial charge in [0.1, 0.15) is 0 Å². The molecule has 0 radical (unpaired) electrons. The molecule has 0 heterocycles. The Morgan fingerprint density at radius 3 is 2.71 bits per heavy atom. The fourth-order valence-electron chi connectivity index (χ4n) is 1.87. The van der Waals surface area contributed by atoms with Gasteiger partial charge < -0.3 is 5.32 Å². The summed E-state index contributed by atoms with van der Waals surface area (Å²) in [5.41, 5.74) is 1.35. The largest absolute Gasteiger partial charge is 0.349 e. The second-order valence-corrected chi connectivity index (χ2v) is 5.31. The predicted octanol–water partition coefficient (Wildman–Crippen LogP) is 3.29. The molecule has 2 nitrogen and oxygen atoms in total. The normalized spacial score (nSPS) is 18.6. The van der Waals surface area contributed by atoms with Crippen LogP contribution in [-0.4, -0.2) is 17.9 Å². The van der Waals surface area contributed by atoms with Gasteiger partial charge in [0.25, 0.3) is 11.8 Å². The fraction of sp³-hybridized carbons (Fsp3) is 0.417. The van der Waals surface area contributed by atoms with Crippen LogP contribution in [0, 0.1) is 6.92 Å². The number of nitrogens with one attached hydrogen (secondary N) is 1. The van der Waals surface area contributed by atoms with Crippen molar-refractivity contribution < 1.29 is 13.6 Å². The van der Waals surface area contributed by atoms with Crippen LogP contribution in [0.4, 0.5) is 8.78 Å². The second-order valence-electron chi connectivity index (χ2n) is 4.39. The minimum absolute atomic E-state index is 0.258. The average molecular weight is 304 g/mol. The summed E-state index contributed by atoms with van der Waals surface area (Å²) in [4.78, 5) is 11.9. The zero-order valence-corrected chi connectivity index (χ0v) is 10.9. The van der Waals surface area contributed by atoms with Gasteiger partial charge in [-0.05, 0) is 24.6 Å². The van der Waals surface area contributed by atoms with E-state index in [1.807, 2.05) is 19.1 Å². The Balaban J connectivity index is 2.03. The van der Waals surface area contributed by atoms with E-state index in [-0.39, 0.29) is 18.7 Å². The summed E-state index contributed by atoms with van der Waals surface area (Å²) < 4.78 is 26.0. The molecule has 0 spiro atoms. The number of hydrogen-bond acceptors (Lipinski definition) is 1. The molecule has 1 amide bonds. The van der Waals surface area contributed by atoms with Crippen molar-refractivity contribution >= 4 is 21.8 Å². The van der Waals surface area contributed by atoms with Gasteiger partial charge in [-0.2, -0.15) is 0 Å². The lowest BCUT2D eigenvalue weighted by Crippen LogP contribution is -2.50. The Hall–Kier alpha value is -0.970. The van der Waals surface area contributed by atoms with Crippen LogP contribution < -0.4 is 5.32 Å². The molecule has 1 fully saturated rings. The lowest BCUT2D eigenvalue weighted by atomic mass is 9.88. The minimum Gasteiger partial charge on any atom is -0.349 e. The maximum Gasteiger partial charge on any atom is 0.252 e. The summed E-state index contributed by atoms with van der Waals surface area (Å²) in [6.45, 7) is 1.82. The third kappa shape index (κ3) is 2.83. The van der Waals surface area contributed by atoms with Crippen LogP contribution in [0.5, 0.6) is 0 Å². The summed E-state index contributed by atoms with van der Waals surface area (Å²) >= 11 is 3.28. The van der Waals surface area contributed by atoms with E-state index in [0.717, 1.165) is 10.0 Å². The Kier molecular flexibility index (Phi) is 3.21. The summed E-state index contributed by atoms with van der Waals surface area (Å²) in [7, 11) is 0. The minimum atomic E-state index is -2.61. The number of halogens is 3. The van der Waals surface area contributed by atoms with E-state index in [0.29, 0.717) is 5.56 Å². The monoisotopic (exact) mass is 303 g/mol. The van der Waals surface area contributed by atoms with Crippen LogP contribution in [0.1, 0.15) is 28.8 Å². The van der Waals surface area contributed by atoms with Gasteiger partial charge in [-0.25, -0.2) is 8.78 Å².